The largest absolute Gasteiger partial charge is 0.229 e. The van der Waals surface area contributed by atoms with E-state index in [4.69, 9.17) is 0 Å². The van der Waals surface area contributed by atoms with Crippen molar-refractivity contribution in [3.05, 3.63) is 78.0 Å². The average Bonchev–Trinajstić information content (AvgIpc) is 3.10. The van der Waals surface area contributed by atoms with Crippen LogP contribution in [0.2, 0.25) is 0 Å². The highest BCUT2D eigenvalue weighted by Gasteiger charge is 2.16. The van der Waals surface area contributed by atoms with Crippen molar-refractivity contribution in [1.82, 2.24) is 19.7 Å². The van der Waals surface area contributed by atoms with E-state index in [1.165, 1.54) is 36.3 Å². The van der Waals surface area contributed by atoms with Crippen LogP contribution in [-0.4, -0.2) is 19.7 Å². The molecule has 4 rings (SSSR count). The smallest absolute Gasteiger partial charge is 0.167 e. The summed E-state index contributed by atoms with van der Waals surface area (Å²) in [6, 6.07) is 9.78. The van der Waals surface area contributed by atoms with Crippen LogP contribution in [0, 0.1) is 17.5 Å². The summed E-state index contributed by atoms with van der Waals surface area (Å²) in [5.74, 6) is -2.08. The molecule has 0 fully saturated rings. The van der Waals surface area contributed by atoms with Crippen molar-refractivity contribution in [3.63, 3.8) is 0 Å². The molecule has 4 aromatic rings. The van der Waals surface area contributed by atoms with E-state index >= 15 is 0 Å². The lowest BCUT2D eigenvalue weighted by atomic mass is 10.1. The van der Waals surface area contributed by atoms with Crippen LogP contribution in [0.1, 0.15) is 17.7 Å². The number of hydrogen-bond acceptors (Lipinski definition) is 4. The molecule has 0 saturated carbocycles. The summed E-state index contributed by atoms with van der Waals surface area (Å²) in [6.45, 7) is 1.88. The second kappa shape index (κ2) is 7.03. The molecule has 0 aliphatic carbocycles. The minimum atomic E-state index is -0.878. The zero-order valence-corrected chi connectivity index (χ0v) is 14.9. The molecule has 0 radical (unpaired) electrons. The number of rotatable bonds is 4. The average molecular weight is 386 g/mol. The molecule has 1 unspecified atom stereocenters. The highest BCUT2D eigenvalue weighted by Crippen LogP contribution is 2.37. The molecular formula is C19H13F3N4S. The van der Waals surface area contributed by atoms with Gasteiger partial charge in [-0.25, -0.2) is 27.8 Å². The molecule has 0 saturated heterocycles. The van der Waals surface area contributed by atoms with Gasteiger partial charge in [-0.05, 0) is 48.9 Å². The molecule has 0 aliphatic heterocycles. The van der Waals surface area contributed by atoms with Crippen LogP contribution in [0.5, 0.6) is 0 Å². The molecule has 0 amide bonds. The fourth-order valence-corrected chi connectivity index (χ4v) is 3.69. The van der Waals surface area contributed by atoms with Crippen molar-refractivity contribution in [2.75, 3.05) is 0 Å². The molecule has 8 heteroatoms. The third-order valence-corrected chi connectivity index (χ3v) is 5.28. The summed E-state index contributed by atoms with van der Waals surface area (Å²) in [4.78, 5) is 8.58. The minimum Gasteiger partial charge on any atom is -0.229 e. The topological polar surface area (TPSA) is 43.6 Å². The van der Waals surface area contributed by atoms with Crippen LogP contribution in [0.3, 0.4) is 0 Å². The maximum atomic E-state index is 13.5. The zero-order chi connectivity index (χ0) is 19.0. The fraction of sp³-hybridized carbons (Fsp3) is 0.105. The predicted molar refractivity (Wildman–Crippen MR) is 97.2 cm³/mol. The van der Waals surface area contributed by atoms with Gasteiger partial charge in [0.1, 0.15) is 17.2 Å². The number of aromatic nitrogens is 4. The lowest BCUT2D eigenvalue weighted by Gasteiger charge is -2.12. The number of benzene rings is 2. The molecule has 2 aromatic heterocycles. The van der Waals surface area contributed by atoms with Crippen LogP contribution in [0.4, 0.5) is 13.2 Å². The molecule has 0 spiro atoms. The molecule has 2 aromatic carbocycles. The van der Waals surface area contributed by atoms with Gasteiger partial charge in [-0.1, -0.05) is 17.8 Å². The van der Waals surface area contributed by atoms with Crippen molar-refractivity contribution in [2.24, 2.45) is 0 Å². The molecule has 0 aliphatic rings. The normalized spacial score (nSPS) is 12.4. The van der Waals surface area contributed by atoms with Crippen LogP contribution in [-0.2, 0) is 0 Å². The highest BCUT2D eigenvalue weighted by molar-refractivity contribution is 7.99. The van der Waals surface area contributed by atoms with E-state index in [0.717, 1.165) is 11.5 Å². The summed E-state index contributed by atoms with van der Waals surface area (Å²) >= 11 is 1.40. The minimum absolute atomic E-state index is 0.160. The Bertz CT molecular complexity index is 1110. The van der Waals surface area contributed by atoms with Gasteiger partial charge >= 0.3 is 0 Å². The van der Waals surface area contributed by atoms with Gasteiger partial charge in [0.25, 0.3) is 0 Å². The van der Waals surface area contributed by atoms with Crippen LogP contribution in [0.15, 0.2) is 60.0 Å². The first-order valence-electron chi connectivity index (χ1n) is 8.09. The van der Waals surface area contributed by atoms with Crippen molar-refractivity contribution < 1.29 is 13.2 Å². The van der Waals surface area contributed by atoms with Gasteiger partial charge in [0.15, 0.2) is 17.3 Å². The van der Waals surface area contributed by atoms with Gasteiger partial charge < -0.3 is 0 Å². The Kier molecular flexibility index (Phi) is 4.57. The summed E-state index contributed by atoms with van der Waals surface area (Å²) in [7, 11) is 0. The van der Waals surface area contributed by atoms with Crippen molar-refractivity contribution >= 4 is 22.8 Å². The molecule has 27 heavy (non-hydrogen) atoms. The SMILES string of the molecule is CC(Sc1ncnc2c1cnn2-c1ccc(F)cc1)c1ccc(F)c(F)c1. The third-order valence-electron chi connectivity index (χ3n) is 4.10. The Hall–Kier alpha value is -2.87. The van der Waals surface area contributed by atoms with Crippen LogP contribution < -0.4 is 0 Å². The Morgan fingerprint density at radius 3 is 2.48 bits per heavy atom. The van der Waals surface area contributed by atoms with E-state index in [2.05, 4.69) is 15.1 Å². The summed E-state index contributed by atoms with van der Waals surface area (Å²) in [5, 5.41) is 5.57. The molecule has 4 nitrogen and oxygen atoms in total. The number of halogens is 3. The van der Waals surface area contributed by atoms with E-state index in [-0.39, 0.29) is 11.1 Å². The highest BCUT2D eigenvalue weighted by atomic mass is 32.2. The van der Waals surface area contributed by atoms with Gasteiger partial charge in [-0.2, -0.15) is 5.10 Å². The molecular weight excluding hydrogens is 373 g/mol. The molecule has 0 N–H and O–H groups in total. The standard InChI is InChI=1S/C19H13F3N4S/c1-11(12-2-7-16(21)17(22)8-12)27-19-15-9-25-26(18(15)23-10-24-19)14-5-3-13(20)4-6-14/h2-11H,1H3. The first-order chi connectivity index (χ1) is 13.0. The second-order valence-electron chi connectivity index (χ2n) is 5.88. The van der Waals surface area contributed by atoms with Gasteiger partial charge in [0.05, 0.1) is 17.3 Å². The number of fused-ring (bicyclic) bond motifs is 1. The van der Waals surface area contributed by atoms with E-state index in [0.29, 0.717) is 21.9 Å². The van der Waals surface area contributed by atoms with E-state index in [1.807, 2.05) is 6.92 Å². The zero-order valence-electron chi connectivity index (χ0n) is 14.1. The second-order valence-corrected chi connectivity index (χ2v) is 7.21. The summed E-state index contributed by atoms with van der Waals surface area (Å²) in [5.41, 5.74) is 1.91. The Morgan fingerprint density at radius 2 is 1.74 bits per heavy atom. The number of nitrogens with zero attached hydrogens (tertiary/aromatic N) is 4. The molecule has 2 heterocycles. The van der Waals surface area contributed by atoms with Gasteiger partial charge in [0, 0.05) is 5.25 Å². The summed E-state index contributed by atoms with van der Waals surface area (Å²) < 4.78 is 41.4. The van der Waals surface area contributed by atoms with Crippen molar-refractivity contribution in [1.29, 1.82) is 0 Å². The quantitative estimate of drug-likeness (QED) is 0.362. The van der Waals surface area contributed by atoms with Gasteiger partial charge in [-0.15, -0.1) is 0 Å². The maximum absolute atomic E-state index is 13.5. The van der Waals surface area contributed by atoms with Crippen molar-refractivity contribution in [2.45, 2.75) is 17.2 Å². The lowest BCUT2D eigenvalue weighted by Crippen LogP contribution is -1.98. The first-order valence-corrected chi connectivity index (χ1v) is 8.97. The molecule has 1 atom stereocenters. The predicted octanol–water partition coefficient (Wildman–Crippen LogP) is 5.09. The van der Waals surface area contributed by atoms with Crippen LogP contribution >= 0.6 is 11.8 Å². The fourth-order valence-electron chi connectivity index (χ4n) is 2.69. The monoisotopic (exact) mass is 386 g/mol. The molecule has 136 valence electrons. The number of thioether (sulfide) groups is 1. The van der Waals surface area contributed by atoms with E-state index in [9.17, 15) is 13.2 Å². The number of hydrogen-bond donors (Lipinski definition) is 0. The summed E-state index contributed by atoms with van der Waals surface area (Å²) in [6.07, 6.45) is 3.06. The Morgan fingerprint density at radius 1 is 0.963 bits per heavy atom. The molecule has 0 bridgehead atoms. The van der Waals surface area contributed by atoms with Crippen LogP contribution in [0.25, 0.3) is 16.7 Å². The first kappa shape index (κ1) is 17.5. The van der Waals surface area contributed by atoms with Gasteiger partial charge in [0.2, 0.25) is 0 Å². The Balaban J connectivity index is 1.68. The third kappa shape index (κ3) is 3.40. The van der Waals surface area contributed by atoms with Gasteiger partial charge in [-0.3, -0.25) is 0 Å². The Labute approximate surface area is 157 Å². The maximum Gasteiger partial charge on any atom is 0.167 e. The van der Waals surface area contributed by atoms with Crippen molar-refractivity contribution in [3.8, 4) is 5.69 Å². The lowest BCUT2D eigenvalue weighted by molar-refractivity contribution is 0.507. The van der Waals surface area contributed by atoms with E-state index < -0.39 is 11.6 Å². The van der Waals surface area contributed by atoms with E-state index in [1.54, 1.807) is 29.1 Å².